The third-order valence-corrected chi connectivity index (χ3v) is 7.72. The molecule has 2 heterocycles. The number of carbonyl (C=O) groups excluding carboxylic acids is 1. The highest BCUT2D eigenvalue weighted by atomic mass is 32.2. The minimum absolute atomic E-state index is 0.164. The summed E-state index contributed by atoms with van der Waals surface area (Å²) in [7, 11) is -3.61. The van der Waals surface area contributed by atoms with Gasteiger partial charge < -0.3 is 10.1 Å². The molecule has 8 heteroatoms. The third-order valence-electron chi connectivity index (χ3n) is 4.63. The van der Waals surface area contributed by atoms with Crippen molar-refractivity contribution >= 4 is 27.3 Å². The number of hydrogen-bond acceptors (Lipinski definition) is 5. The second-order valence-corrected chi connectivity index (χ2v) is 9.52. The van der Waals surface area contributed by atoms with Crippen LogP contribution >= 0.6 is 11.3 Å². The molecule has 0 bridgehead atoms. The summed E-state index contributed by atoms with van der Waals surface area (Å²) in [6.45, 7) is 5.71. The van der Waals surface area contributed by atoms with E-state index in [4.69, 9.17) is 4.74 Å². The summed E-state index contributed by atoms with van der Waals surface area (Å²) in [6.07, 6.45) is 0.885. The van der Waals surface area contributed by atoms with Gasteiger partial charge in [0.1, 0.15) is 0 Å². The van der Waals surface area contributed by atoms with E-state index in [1.54, 1.807) is 24.3 Å². The smallest absolute Gasteiger partial charge is 0.261 e. The summed E-state index contributed by atoms with van der Waals surface area (Å²) in [5.41, 5.74) is 1.75. The fourth-order valence-corrected chi connectivity index (χ4v) is 5.73. The van der Waals surface area contributed by atoms with Crippen LogP contribution in [0, 0.1) is 6.92 Å². The molecule has 1 aliphatic rings. The maximum Gasteiger partial charge on any atom is 0.261 e. The molecule has 2 aromatic rings. The van der Waals surface area contributed by atoms with Gasteiger partial charge in [-0.25, -0.2) is 8.42 Å². The van der Waals surface area contributed by atoms with Crippen molar-refractivity contribution in [2.45, 2.75) is 31.7 Å². The Morgan fingerprint density at radius 3 is 2.59 bits per heavy atom. The van der Waals surface area contributed by atoms with Crippen molar-refractivity contribution in [2.75, 3.05) is 26.3 Å². The largest absolute Gasteiger partial charge is 0.379 e. The van der Waals surface area contributed by atoms with E-state index in [1.807, 2.05) is 13.0 Å². The van der Waals surface area contributed by atoms with Gasteiger partial charge in [-0.2, -0.15) is 4.31 Å². The summed E-state index contributed by atoms with van der Waals surface area (Å²) in [5.74, 6) is -0.179. The predicted octanol–water partition coefficient (Wildman–Crippen LogP) is 2.57. The molecule has 0 spiro atoms. The van der Waals surface area contributed by atoms with Crippen molar-refractivity contribution in [1.29, 1.82) is 0 Å². The molecular weight excluding hydrogens is 384 g/mol. The molecule has 1 fully saturated rings. The zero-order chi connectivity index (χ0) is 19.4. The Hall–Kier alpha value is -1.74. The molecule has 1 aromatic heterocycles. The molecular formula is C19H24N2O4S2. The summed E-state index contributed by atoms with van der Waals surface area (Å²) >= 11 is 1.46. The van der Waals surface area contributed by atoms with Crippen LogP contribution in [-0.2, 0) is 27.7 Å². The monoisotopic (exact) mass is 408 g/mol. The maximum absolute atomic E-state index is 13.0. The zero-order valence-electron chi connectivity index (χ0n) is 15.5. The topological polar surface area (TPSA) is 75.7 Å². The van der Waals surface area contributed by atoms with Crippen molar-refractivity contribution in [3.63, 3.8) is 0 Å². The number of morpholine rings is 1. The minimum Gasteiger partial charge on any atom is -0.379 e. The Morgan fingerprint density at radius 2 is 1.93 bits per heavy atom. The summed E-state index contributed by atoms with van der Waals surface area (Å²) < 4.78 is 32.6. The van der Waals surface area contributed by atoms with Crippen LogP contribution < -0.4 is 5.32 Å². The highest BCUT2D eigenvalue weighted by Gasteiger charge is 2.28. The number of aryl methyl sites for hydroxylation is 2. The fourth-order valence-electron chi connectivity index (χ4n) is 3.07. The number of nitrogens with zero attached hydrogens (tertiary/aromatic N) is 1. The highest BCUT2D eigenvalue weighted by molar-refractivity contribution is 7.89. The molecule has 6 nitrogen and oxygen atoms in total. The summed E-state index contributed by atoms with van der Waals surface area (Å²) in [4.78, 5) is 14.5. The molecule has 0 unspecified atom stereocenters. The first-order valence-electron chi connectivity index (χ1n) is 8.96. The van der Waals surface area contributed by atoms with E-state index in [0.717, 1.165) is 11.3 Å². The van der Waals surface area contributed by atoms with Gasteiger partial charge in [-0.05, 0) is 36.6 Å². The van der Waals surface area contributed by atoms with Gasteiger partial charge in [0.2, 0.25) is 10.0 Å². The van der Waals surface area contributed by atoms with Gasteiger partial charge in [-0.3, -0.25) is 4.79 Å². The van der Waals surface area contributed by atoms with Crippen LogP contribution in [0.25, 0.3) is 0 Å². The standard InChI is InChI=1S/C19H24N2O4S2/c1-3-15-12-17(26-14(15)2)19(22)20-13-16-6-4-5-7-18(16)27(23,24)21-8-10-25-11-9-21/h4-7,12H,3,8-11,13H2,1-2H3,(H,20,22). The second kappa shape index (κ2) is 8.52. The van der Waals surface area contributed by atoms with Crippen LogP contribution in [0.3, 0.4) is 0 Å². The lowest BCUT2D eigenvalue weighted by Crippen LogP contribution is -2.41. The quantitative estimate of drug-likeness (QED) is 0.797. The van der Waals surface area contributed by atoms with Crippen LogP contribution in [0.1, 0.15) is 32.6 Å². The summed E-state index contributed by atoms with van der Waals surface area (Å²) in [6, 6.07) is 8.73. The highest BCUT2D eigenvalue weighted by Crippen LogP contribution is 2.23. The average Bonchev–Trinajstić information content (AvgIpc) is 3.08. The molecule has 27 heavy (non-hydrogen) atoms. The fraction of sp³-hybridized carbons (Fsp3) is 0.421. The van der Waals surface area contributed by atoms with E-state index < -0.39 is 10.0 Å². The molecule has 0 aliphatic carbocycles. The Balaban J connectivity index is 1.77. The van der Waals surface area contributed by atoms with Gasteiger partial charge in [0, 0.05) is 24.5 Å². The SMILES string of the molecule is CCc1cc(C(=O)NCc2ccccc2S(=O)(=O)N2CCOCC2)sc1C. The van der Waals surface area contributed by atoms with Crippen LogP contribution in [-0.4, -0.2) is 44.9 Å². The number of benzene rings is 1. The first kappa shape index (κ1) is 20.0. The Kier molecular flexibility index (Phi) is 6.31. The van der Waals surface area contributed by atoms with Gasteiger partial charge in [-0.1, -0.05) is 25.1 Å². The van der Waals surface area contributed by atoms with Gasteiger partial charge in [0.25, 0.3) is 5.91 Å². The van der Waals surface area contributed by atoms with E-state index in [0.29, 0.717) is 36.7 Å². The summed E-state index contributed by atoms with van der Waals surface area (Å²) in [5, 5.41) is 2.86. The van der Waals surface area contributed by atoms with Crippen molar-refractivity contribution < 1.29 is 17.9 Å². The molecule has 146 valence electrons. The second-order valence-electron chi connectivity index (χ2n) is 6.35. The van der Waals surface area contributed by atoms with E-state index >= 15 is 0 Å². The van der Waals surface area contributed by atoms with Crippen molar-refractivity contribution in [1.82, 2.24) is 9.62 Å². The van der Waals surface area contributed by atoms with Gasteiger partial charge in [-0.15, -0.1) is 11.3 Å². The third kappa shape index (κ3) is 4.40. The van der Waals surface area contributed by atoms with Crippen LogP contribution in [0.4, 0.5) is 0 Å². The lowest BCUT2D eigenvalue weighted by atomic mass is 10.2. The van der Waals surface area contributed by atoms with E-state index in [-0.39, 0.29) is 17.3 Å². The molecule has 1 aliphatic heterocycles. The zero-order valence-corrected chi connectivity index (χ0v) is 17.2. The number of rotatable bonds is 6. The van der Waals surface area contributed by atoms with Gasteiger partial charge in [0.05, 0.1) is 23.0 Å². The molecule has 1 saturated heterocycles. The van der Waals surface area contributed by atoms with E-state index in [1.165, 1.54) is 21.2 Å². The van der Waals surface area contributed by atoms with Crippen molar-refractivity contribution in [3.8, 4) is 0 Å². The van der Waals surface area contributed by atoms with E-state index in [2.05, 4.69) is 12.2 Å². The molecule has 1 aromatic carbocycles. The van der Waals surface area contributed by atoms with Gasteiger partial charge in [0.15, 0.2) is 0 Å². The lowest BCUT2D eigenvalue weighted by Gasteiger charge is -2.27. The molecule has 0 atom stereocenters. The number of amides is 1. The van der Waals surface area contributed by atoms with Crippen molar-refractivity contribution in [3.05, 3.63) is 51.2 Å². The van der Waals surface area contributed by atoms with Crippen LogP contribution in [0.5, 0.6) is 0 Å². The number of thiophene rings is 1. The maximum atomic E-state index is 13.0. The number of sulfonamides is 1. The van der Waals surface area contributed by atoms with Gasteiger partial charge >= 0.3 is 0 Å². The van der Waals surface area contributed by atoms with Crippen LogP contribution in [0.15, 0.2) is 35.2 Å². The molecule has 1 N–H and O–H groups in total. The first-order valence-corrected chi connectivity index (χ1v) is 11.2. The molecule has 3 rings (SSSR count). The Morgan fingerprint density at radius 1 is 1.22 bits per heavy atom. The minimum atomic E-state index is -3.61. The van der Waals surface area contributed by atoms with Crippen molar-refractivity contribution in [2.24, 2.45) is 0 Å². The number of nitrogens with one attached hydrogen (secondary N) is 1. The van der Waals surface area contributed by atoms with E-state index in [9.17, 15) is 13.2 Å². The number of ether oxygens (including phenoxy) is 1. The van der Waals surface area contributed by atoms with Crippen LogP contribution in [0.2, 0.25) is 0 Å². The predicted molar refractivity (Wildman–Crippen MR) is 106 cm³/mol. The Bertz CT molecular complexity index is 916. The lowest BCUT2D eigenvalue weighted by molar-refractivity contribution is 0.0730. The first-order chi connectivity index (χ1) is 12.9. The number of carbonyl (C=O) groups is 1. The molecule has 0 saturated carbocycles. The Labute approximate surface area is 164 Å². The number of hydrogen-bond donors (Lipinski definition) is 1. The molecule has 0 radical (unpaired) electrons. The average molecular weight is 409 g/mol. The normalized spacial score (nSPS) is 15.6. The molecule has 1 amide bonds.